The number of para-hydroxylation sites is 2. The average molecular weight is 348 g/mol. The lowest BCUT2D eigenvalue weighted by Gasteiger charge is -2.16. The summed E-state index contributed by atoms with van der Waals surface area (Å²) >= 11 is 5.35. The van der Waals surface area contributed by atoms with Crippen molar-refractivity contribution in [3.05, 3.63) is 65.4 Å². The number of rotatable bonds is 4. The van der Waals surface area contributed by atoms with Gasteiger partial charge in [0.1, 0.15) is 18.1 Å². The fraction of sp³-hybridized carbons (Fsp3) is 0.100. The Bertz CT molecular complexity index is 912. The van der Waals surface area contributed by atoms with Crippen LogP contribution in [0.25, 0.3) is 6.08 Å². The summed E-state index contributed by atoms with van der Waals surface area (Å²) in [4.78, 5) is 14.3. The topological polar surface area (TPSA) is 41.6 Å². The highest BCUT2D eigenvalue weighted by Crippen LogP contribution is 2.27. The van der Waals surface area contributed by atoms with Crippen LogP contribution in [0, 0.1) is 19.3 Å². The van der Waals surface area contributed by atoms with Gasteiger partial charge in [-0.05, 0) is 42.9 Å². The number of nitrogens with zero attached hydrogens (tertiary/aromatic N) is 1. The van der Waals surface area contributed by atoms with E-state index in [1.54, 1.807) is 12.1 Å². The Morgan fingerprint density at radius 3 is 2.72 bits per heavy atom. The molecule has 1 aliphatic heterocycles. The van der Waals surface area contributed by atoms with E-state index in [4.69, 9.17) is 23.4 Å². The molecule has 0 spiro atoms. The molecule has 1 saturated heterocycles. The zero-order chi connectivity index (χ0) is 17.8. The van der Waals surface area contributed by atoms with Crippen molar-refractivity contribution in [1.29, 1.82) is 0 Å². The molecule has 3 rings (SSSR count). The number of thiocarbonyl (C=S) groups is 1. The molecule has 5 heteroatoms. The first-order chi connectivity index (χ1) is 12.1. The average Bonchev–Trinajstić information content (AvgIpc) is 2.88. The maximum atomic E-state index is 12.8. The van der Waals surface area contributed by atoms with E-state index in [0.717, 1.165) is 16.8 Å². The highest BCUT2D eigenvalue weighted by atomic mass is 32.1. The third kappa shape index (κ3) is 3.39. The van der Waals surface area contributed by atoms with Crippen molar-refractivity contribution in [2.75, 3.05) is 11.5 Å². The van der Waals surface area contributed by atoms with Gasteiger partial charge >= 0.3 is 0 Å². The Kier molecular flexibility index (Phi) is 4.82. The van der Waals surface area contributed by atoms with Crippen molar-refractivity contribution in [2.45, 2.75) is 6.92 Å². The van der Waals surface area contributed by atoms with E-state index in [1.807, 2.05) is 49.4 Å². The lowest BCUT2D eigenvalue weighted by atomic mass is 10.1. The van der Waals surface area contributed by atoms with Gasteiger partial charge in [-0.3, -0.25) is 9.69 Å². The van der Waals surface area contributed by atoms with Crippen LogP contribution in [0.1, 0.15) is 11.1 Å². The minimum atomic E-state index is -0.203. The zero-order valence-corrected chi connectivity index (χ0v) is 14.5. The summed E-state index contributed by atoms with van der Waals surface area (Å²) in [7, 11) is 0. The Labute approximate surface area is 152 Å². The molecular weight excluding hydrogens is 332 g/mol. The minimum absolute atomic E-state index is 0.162. The lowest BCUT2D eigenvalue weighted by molar-refractivity contribution is -0.113. The first-order valence-corrected chi connectivity index (χ1v) is 8.10. The Hall–Kier alpha value is -3.10. The van der Waals surface area contributed by atoms with Gasteiger partial charge in [-0.2, -0.15) is 0 Å². The van der Waals surface area contributed by atoms with Crippen molar-refractivity contribution in [2.24, 2.45) is 0 Å². The number of carbonyl (C=O) groups is 1. The SMILES string of the molecule is C#CCOc1ccccc1/C=C1/NC(=S)N(c2ccccc2C)C1=O. The molecule has 2 aromatic rings. The number of aryl methyl sites for hydroxylation is 1. The van der Waals surface area contributed by atoms with Gasteiger partial charge < -0.3 is 10.1 Å². The molecule has 1 heterocycles. The lowest BCUT2D eigenvalue weighted by Crippen LogP contribution is -2.30. The molecule has 1 aliphatic rings. The summed E-state index contributed by atoms with van der Waals surface area (Å²) in [6.07, 6.45) is 6.97. The molecule has 124 valence electrons. The van der Waals surface area contributed by atoms with E-state index in [9.17, 15) is 4.79 Å². The van der Waals surface area contributed by atoms with Gasteiger partial charge in [-0.1, -0.05) is 42.3 Å². The number of anilines is 1. The second-order valence-electron chi connectivity index (χ2n) is 5.45. The fourth-order valence-corrected chi connectivity index (χ4v) is 2.87. The third-order valence-corrected chi connectivity index (χ3v) is 4.05. The van der Waals surface area contributed by atoms with E-state index >= 15 is 0 Å². The van der Waals surface area contributed by atoms with E-state index < -0.39 is 0 Å². The van der Waals surface area contributed by atoms with Crippen molar-refractivity contribution < 1.29 is 9.53 Å². The summed E-state index contributed by atoms with van der Waals surface area (Å²) < 4.78 is 5.52. The van der Waals surface area contributed by atoms with Crippen LogP contribution in [-0.4, -0.2) is 17.6 Å². The summed E-state index contributed by atoms with van der Waals surface area (Å²) in [6, 6.07) is 15.0. The monoisotopic (exact) mass is 348 g/mol. The van der Waals surface area contributed by atoms with E-state index in [0.29, 0.717) is 16.6 Å². The number of ether oxygens (including phenoxy) is 1. The van der Waals surface area contributed by atoms with Crippen molar-refractivity contribution in [1.82, 2.24) is 5.32 Å². The van der Waals surface area contributed by atoms with E-state index in [1.165, 1.54) is 4.90 Å². The third-order valence-electron chi connectivity index (χ3n) is 3.76. The molecule has 0 unspecified atom stereocenters. The van der Waals surface area contributed by atoms with Gasteiger partial charge in [0.2, 0.25) is 0 Å². The molecular formula is C20H16N2O2S. The predicted octanol–water partition coefficient (Wildman–Crippen LogP) is 3.27. The van der Waals surface area contributed by atoms with E-state index in [-0.39, 0.29) is 12.5 Å². The van der Waals surface area contributed by atoms with Crippen molar-refractivity contribution in [3.63, 3.8) is 0 Å². The first-order valence-electron chi connectivity index (χ1n) is 7.70. The molecule has 25 heavy (non-hydrogen) atoms. The Morgan fingerprint density at radius 1 is 1.24 bits per heavy atom. The number of nitrogens with one attached hydrogen (secondary N) is 1. The second kappa shape index (κ2) is 7.20. The molecule has 2 aromatic carbocycles. The quantitative estimate of drug-likeness (QED) is 0.523. The van der Waals surface area contributed by atoms with Crippen LogP contribution in [0.5, 0.6) is 5.75 Å². The molecule has 1 N–H and O–H groups in total. The summed E-state index contributed by atoms with van der Waals surface area (Å²) in [5, 5.41) is 3.34. The van der Waals surface area contributed by atoms with E-state index in [2.05, 4.69) is 11.2 Å². The first kappa shape index (κ1) is 16.7. The standard InChI is InChI=1S/C20H16N2O2S/c1-3-12-24-18-11-7-5-9-15(18)13-16-19(23)22(20(25)21-16)17-10-6-4-8-14(17)2/h1,4-11,13H,12H2,2H3,(H,21,25)/b16-13+. The normalized spacial score (nSPS) is 15.2. The second-order valence-corrected chi connectivity index (χ2v) is 5.83. The van der Waals surface area contributed by atoms with Crippen LogP contribution in [0.4, 0.5) is 5.69 Å². The van der Waals surface area contributed by atoms with Gasteiger partial charge in [0, 0.05) is 5.56 Å². The molecule has 0 saturated carbocycles. The van der Waals surface area contributed by atoms with Crippen LogP contribution in [0.2, 0.25) is 0 Å². The van der Waals surface area contributed by atoms with Gasteiger partial charge in [-0.15, -0.1) is 6.42 Å². The highest BCUT2D eigenvalue weighted by molar-refractivity contribution is 7.80. The van der Waals surface area contributed by atoms with Crippen molar-refractivity contribution >= 4 is 35.0 Å². The van der Waals surface area contributed by atoms with Gasteiger partial charge in [0.15, 0.2) is 5.11 Å². The van der Waals surface area contributed by atoms with Crippen LogP contribution in [0.15, 0.2) is 54.2 Å². The van der Waals surface area contributed by atoms with Crippen LogP contribution in [0.3, 0.4) is 0 Å². The number of amides is 1. The zero-order valence-electron chi connectivity index (χ0n) is 13.7. The Morgan fingerprint density at radius 2 is 1.96 bits per heavy atom. The van der Waals surface area contributed by atoms with Crippen LogP contribution >= 0.6 is 12.2 Å². The predicted molar refractivity (Wildman–Crippen MR) is 103 cm³/mol. The minimum Gasteiger partial charge on any atom is -0.480 e. The molecule has 0 aliphatic carbocycles. The smallest absolute Gasteiger partial charge is 0.281 e. The van der Waals surface area contributed by atoms with Gasteiger partial charge in [0.05, 0.1) is 5.69 Å². The molecule has 4 nitrogen and oxygen atoms in total. The van der Waals surface area contributed by atoms with Gasteiger partial charge in [-0.25, -0.2) is 0 Å². The van der Waals surface area contributed by atoms with Crippen LogP contribution < -0.4 is 15.0 Å². The Balaban J connectivity index is 1.94. The summed E-state index contributed by atoms with van der Waals surface area (Å²) in [6.45, 7) is 2.10. The maximum Gasteiger partial charge on any atom is 0.281 e. The number of hydrogen-bond donors (Lipinski definition) is 1. The molecule has 0 radical (unpaired) electrons. The number of benzene rings is 2. The van der Waals surface area contributed by atoms with Gasteiger partial charge in [0.25, 0.3) is 5.91 Å². The fourth-order valence-electron chi connectivity index (χ4n) is 2.57. The molecule has 1 fully saturated rings. The number of hydrogen-bond acceptors (Lipinski definition) is 3. The molecule has 0 aromatic heterocycles. The number of terminal acetylenes is 1. The summed E-state index contributed by atoms with van der Waals surface area (Å²) in [5.74, 6) is 2.84. The van der Waals surface area contributed by atoms with Crippen molar-refractivity contribution in [3.8, 4) is 18.1 Å². The molecule has 0 atom stereocenters. The summed E-state index contributed by atoms with van der Waals surface area (Å²) in [5.41, 5.74) is 2.89. The molecule has 1 amide bonds. The number of carbonyl (C=O) groups excluding carboxylic acids is 1. The van der Waals surface area contributed by atoms with Crippen LogP contribution in [-0.2, 0) is 4.79 Å². The molecule has 0 bridgehead atoms. The largest absolute Gasteiger partial charge is 0.480 e. The highest BCUT2D eigenvalue weighted by Gasteiger charge is 2.32. The maximum absolute atomic E-state index is 12.8.